The van der Waals surface area contributed by atoms with Crippen molar-refractivity contribution < 1.29 is 14.7 Å². The summed E-state index contributed by atoms with van der Waals surface area (Å²) in [5.41, 5.74) is 0.645. The molecule has 5 rings (SSSR count). The molecule has 1 aliphatic rings. The van der Waals surface area contributed by atoms with Crippen LogP contribution in [0.4, 0.5) is 11.4 Å². The maximum absolute atomic E-state index is 13.4. The number of carboxylic acids is 1. The Morgan fingerprint density at radius 3 is 2.00 bits per heavy atom. The predicted molar refractivity (Wildman–Crippen MR) is 117 cm³/mol. The first-order chi connectivity index (χ1) is 15.0. The standard InChI is InChI=1S/C23H15N3O4S/c27-20(13-25-22(28)15-8-2-1-7-14(15)21(24-25)23(29)30)26-16-9-3-5-11-18(16)31-19-12-6-4-10-17(19)26/h1-12H,13H2,(H,29,30). The zero-order valence-corrected chi connectivity index (χ0v) is 16.9. The minimum Gasteiger partial charge on any atom is -0.476 e. The van der Waals surface area contributed by atoms with Crippen molar-refractivity contribution in [3.8, 4) is 0 Å². The molecule has 0 atom stereocenters. The second-order valence-electron chi connectivity index (χ2n) is 6.93. The second kappa shape index (κ2) is 7.41. The zero-order chi connectivity index (χ0) is 21.5. The third-order valence-corrected chi connectivity index (χ3v) is 6.17. The average molecular weight is 429 g/mol. The SMILES string of the molecule is O=C(O)c1nn(CC(=O)N2c3ccccc3Sc3ccccc32)c(=O)c2ccccc12. The molecule has 152 valence electrons. The quantitative estimate of drug-likeness (QED) is 0.531. The van der Waals surface area contributed by atoms with E-state index in [1.807, 2.05) is 48.5 Å². The molecule has 1 aromatic heterocycles. The molecule has 0 spiro atoms. The van der Waals surface area contributed by atoms with E-state index < -0.39 is 18.1 Å². The van der Waals surface area contributed by atoms with Crippen LogP contribution in [0, 0.1) is 0 Å². The number of aromatic nitrogens is 2. The van der Waals surface area contributed by atoms with E-state index in [-0.39, 0.29) is 22.4 Å². The van der Waals surface area contributed by atoms with Crippen LogP contribution in [0.25, 0.3) is 10.8 Å². The highest BCUT2D eigenvalue weighted by atomic mass is 32.2. The summed E-state index contributed by atoms with van der Waals surface area (Å²) in [6.45, 7) is -0.392. The van der Waals surface area contributed by atoms with Gasteiger partial charge in [0.15, 0.2) is 5.69 Å². The first-order valence-corrected chi connectivity index (χ1v) is 10.3. The number of carbonyl (C=O) groups is 2. The van der Waals surface area contributed by atoms with Crippen molar-refractivity contribution in [1.29, 1.82) is 0 Å². The van der Waals surface area contributed by atoms with Gasteiger partial charge in [-0.3, -0.25) is 14.5 Å². The van der Waals surface area contributed by atoms with Gasteiger partial charge in [-0.1, -0.05) is 54.2 Å². The van der Waals surface area contributed by atoms with Crippen molar-refractivity contribution in [2.45, 2.75) is 16.3 Å². The molecule has 0 saturated carbocycles. The van der Waals surface area contributed by atoms with Crippen molar-refractivity contribution in [2.24, 2.45) is 0 Å². The molecule has 0 radical (unpaired) electrons. The molecule has 1 N–H and O–H groups in total. The van der Waals surface area contributed by atoms with E-state index in [9.17, 15) is 19.5 Å². The minimum absolute atomic E-state index is 0.206. The van der Waals surface area contributed by atoms with E-state index in [1.165, 1.54) is 12.1 Å². The number of anilines is 2. The summed E-state index contributed by atoms with van der Waals surface area (Å²) in [6.07, 6.45) is 0. The van der Waals surface area contributed by atoms with Gasteiger partial charge in [-0.15, -0.1) is 0 Å². The van der Waals surface area contributed by atoms with Crippen LogP contribution in [0.5, 0.6) is 0 Å². The van der Waals surface area contributed by atoms with E-state index >= 15 is 0 Å². The van der Waals surface area contributed by atoms with Crippen molar-refractivity contribution >= 4 is 45.8 Å². The highest BCUT2D eigenvalue weighted by Gasteiger charge is 2.28. The number of carbonyl (C=O) groups excluding carboxylic acids is 1. The summed E-state index contributed by atoms with van der Waals surface area (Å²) in [5, 5.41) is 14.0. The predicted octanol–water partition coefficient (Wildman–Crippen LogP) is 3.92. The first kappa shape index (κ1) is 19.1. The molecule has 0 aliphatic carbocycles. The van der Waals surface area contributed by atoms with E-state index in [2.05, 4.69) is 5.10 Å². The number of hydrogen-bond acceptors (Lipinski definition) is 5. The van der Waals surface area contributed by atoms with Gasteiger partial charge in [0.05, 0.1) is 16.8 Å². The Morgan fingerprint density at radius 2 is 1.39 bits per heavy atom. The molecular formula is C23H15N3O4S. The Kier molecular flexibility index (Phi) is 4.56. The van der Waals surface area contributed by atoms with Crippen LogP contribution in [-0.4, -0.2) is 26.8 Å². The third-order valence-electron chi connectivity index (χ3n) is 5.04. The lowest BCUT2D eigenvalue weighted by molar-refractivity contribution is -0.118. The fourth-order valence-electron chi connectivity index (χ4n) is 3.67. The van der Waals surface area contributed by atoms with E-state index in [0.29, 0.717) is 11.4 Å². The molecule has 1 amide bonds. The fraction of sp³-hybridized carbons (Fsp3) is 0.0435. The van der Waals surface area contributed by atoms with Crippen LogP contribution in [0.3, 0.4) is 0 Å². The number of carboxylic acid groups (broad SMARTS) is 1. The van der Waals surface area contributed by atoms with Gasteiger partial charge in [-0.2, -0.15) is 5.10 Å². The minimum atomic E-state index is -1.26. The van der Waals surface area contributed by atoms with E-state index in [1.54, 1.807) is 28.8 Å². The van der Waals surface area contributed by atoms with Gasteiger partial charge < -0.3 is 5.11 Å². The average Bonchev–Trinajstić information content (AvgIpc) is 2.79. The summed E-state index contributed by atoms with van der Waals surface area (Å²) in [5.74, 6) is -1.65. The van der Waals surface area contributed by atoms with Crippen LogP contribution < -0.4 is 10.5 Å². The Balaban J connectivity index is 1.62. The molecular weight excluding hydrogens is 414 g/mol. The highest BCUT2D eigenvalue weighted by molar-refractivity contribution is 7.99. The number of aromatic carboxylic acids is 1. The van der Waals surface area contributed by atoms with Crippen molar-refractivity contribution in [2.75, 3.05) is 4.90 Å². The topological polar surface area (TPSA) is 92.5 Å². The largest absolute Gasteiger partial charge is 0.476 e. The summed E-state index contributed by atoms with van der Waals surface area (Å²) in [6, 6.07) is 21.4. The van der Waals surface area contributed by atoms with Crippen LogP contribution in [0.15, 0.2) is 87.4 Å². The van der Waals surface area contributed by atoms with Crippen LogP contribution in [0.1, 0.15) is 10.5 Å². The highest BCUT2D eigenvalue weighted by Crippen LogP contribution is 2.47. The molecule has 1 aliphatic heterocycles. The van der Waals surface area contributed by atoms with Crippen LogP contribution in [-0.2, 0) is 11.3 Å². The van der Waals surface area contributed by atoms with Gasteiger partial charge in [-0.05, 0) is 30.3 Å². The molecule has 8 heteroatoms. The van der Waals surface area contributed by atoms with Crippen molar-refractivity contribution in [3.05, 3.63) is 88.8 Å². The Bertz CT molecular complexity index is 1380. The van der Waals surface area contributed by atoms with Crippen molar-refractivity contribution in [3.63, 3.8) is 0 Å². The molecule has 7 nitrogen and oxygen atoms in total. The second-order valence-corrected chi connectivity index (χ2v) is 8.01. The van der Waals surface area contributed by atoms with Gasteiger partial charge in [0.2, 0.25) is 0 Å². The fourth-order valence-corrected chi connectivity index (χ4v) is 4.73. The molecule has 0 unspecified atom stereocenters. The molecule has 0 saturated heterocycles. The Morgan fingerprint density at radius 1 is 0.839 bits per heavy atom. The lowest BCUT2D eigenvalue weighted by Crippen LogP contribution is -2.36. The van der Waals surface area contributed by atoms with Gasteiger partial charge >= 0.3 is 5.97 Å². The number of benzene rings is 3. The maximum Gasteiger partial charge on any atom is 0.357 e. The van der Waals surface area contributed by atoms with Crippen LogP contribution in [0.2, 0.25) is 0 Å². The lowest BCUT2D eigenvalue weighted by atomic mass is 10.1. The Labute approximate surface area is 180 Å². The smallest absolute Gasteiger partial charge is 0.357 e. The van der Waals surface area contributed by atoms with E-state index in [0.717, 1.165) is 14.5 Å². The zero-order valence-electron chi connectivity index (χ0n) is 16.1. The lowest BCUT2D eigenvalue weighted by Gasteiger charge is -2.31. The van der Waals surface area contributed by atoms with Gasteiger partial charge in [0.25, 0.3) is 11.5 Å². The van der Waals surface area contributed by atoms with Crippen molar-refractivity contribution in [1.82, 2.24) is 9.78 Å². The maximum atomic E-state index is 13.4. The van der Waals surface area contributed by atoms with Gasteiger partial charge in [-0.25, -0.2) is 9.48 Å². The summed E-state index contributed by atoms with van der Waals surface area (Å²) >= 11 is 1.57. The number of fused-ring (bicyclic) bond motifs is 3. The Hall–Kier alpha value is -3.91. The molecule has 0 fully saturated rings. The third kappa shape index (κ3) is 3.17. The molecule has 4 aromatic rings. The summed E-state index contributed by atoms with van der Waals surface area (Å²) in [4.78, 5) is 41.5. The summed E-state index contributed by atoms with van der Waals surface area (Å²) < 4.78 is 0.932. The monoisotopic (exact) mass is 429 g/mol. The molecule has 0 bridgehead atoms. The van der Waals surface area contributed by atoms with Gasteiger partial charge in [0, 0.05) is 15.2 Å². The molecule has 31 heavy (non-hydrogen) atoms. The van der Waals surface area contributed by atoms with Gasteiger partial charge in [0.1, 0.15) is 6.54 Å². The number of amides is 1. The van der Waals surface area contributed by atoms with Crippen LogP contribution >= 0.6 is 11.8 Å². The first-order valence-electron chi connectivity index (χ1n) is 9.46. The number of hydrogen-bond donors (Lipinski definition) is 1. The number of rotatable bonds is 3. The van der Waals surface area contributed by atoms with E-state index in [4.69, 9.17) is 0 Å². The molecule has 2 heterocycles. The number of nitrogens with zero attached hydrogens (tertiary/aromatic N) is 3. The molecule has 3 aromatic carbocycles. The summed E-state index contributed by atoms with van der Waals surface area (Å²) in [7, 11) is 0. The normalized spacial score (nSPS) is 12.3. The number of para-hydroxylation sites is 2.